The van der Waals surface area contributed by atoms with Crippen LogP contribution in [0.4, 0.5) is 0 Å². The molecule has 0 saturated carbocycles. The summed E-state index contributed by atoms with van der Waals surface area (Å²) in [6, 6.07) is 15.8. The number of hydrogen-bond donors (Lipinski definition) is 2. The van der Waals surface area contributed by atoms with E-state index in [2.05, 4.69) is 52.1 Å². The van der Waals surface area contributed by atoms with Crippen molar-refractivity contribution in [3.05, 3.63) is 69.8 Å². The number of benzene rings is 2. The maximum atomic E-state index is 10.8. The van der Waals surface area contributed by atoms with Crippen molar-refractivity contribution in [2.24, 2.45) is 5.73 Å². The summed E-state index contributed by atoms with van der Waals surface area (Å²) in [6.45, 7) is 4.10. The predicted molar refractivity (Wildman–Crippen MR) is 95.1 cm³/mol. The van der Waals surface area contributed by atoms with E-state index in [-0.39, 0.29) is 5.91 Å². The quantitative estimate of drug-likeness (QED) is 0.691. The molecule has 0 saturated heterocycles. The van der Waals surface area contributed by atoms with Crippen LogP contribution < -0.4 is 5.73 Å². The van der Waals surface area contributed by atoms with Gasteiger partial charge in [0.25, 0.3) is 0 Å². The molecule has 0 aliphatic carbocycles. The van der Waals surface area contributed by atoms with Gasteiger partial charge in [0.05, 0.1) is 0 Å². The fourth-order valence-corrected chi connectivity index (χ4v) is 2.74. The summed E-state index contributed by atoms with van der Waals surface area (Å²) >= 11 is 3.39. The van der Waals surface area contributed by atoms with E-state index in [0.29, 0.717) is 5.56 Å². The van der Waals surface area contributed by atoms with Crippen molar-refractivity contribution in [1.29, 1.82) is 0 Å². The second kappa shape index (κ2) is 7.27. The molecule has 3 rings (SSSR count). The minimum absolute atomic E-state index is 0.378. The summed E-state index contributed by atoms with van der Waals surface area (Å²) in [6.07, 6.45) is 0.891. The lowest BCUT2D eigenvalue weighted by Crippen LogP contribution is -2.11. The van der Waals surface area contributed by atoms with Crippen molar-refractivity contribution in [2.75, 3.05) is 0 Å². The normalized spacial score (nSPS) is 10.1. The molecule has 1 heterocycles. The van der Waals surface area contributed by atoms with E-state index in [1.54, 1.807) is 6.07 Å². The number of nitrogens with two attached hydrogens (primary N) is 1. The first-order valence-corrected chi connectivity index (χ1v) is 7.93. The number of primary amides is 1. The first kappa shape index (κ1) is 16.3. The van der Waals surface area contributed by atoms with E-state index >= 15 is 0 Å². The van der Waals surface area contributed by atoms with Crippen molar-refractivity contribution >= 4 is 32.7 Å². The van der Waals surface area contributed by atoms with Gasteiger partial charge < -0.3 is 10.7 Å². The van der Waals surface area contributed by atoms with Gasteiger partial charge in [0.15, 0.2) is 0 Å². The molecule has 1 aromatic heterocycles. The highest BCUT2D eigenvalue weighted by Gasteiger charge is 2.03. The molecule has 3 nitrogen and oxygen atoms in total. The molecular weight excluding hydrogens is 340 g/mol. The Morgan fingerprint density at radius 2 is 1.91 bits per heavy atom. The predicted octanol–water partition coefficient (Wildman–Crippen LogP) is 4.59. The Balaban J connectivity index is 0.000000162. The molecule has 0 aliphatic rings. The number of carbonyl (C=O) groups excluding carboxylic acids is 1. The number of rotatable bonds is 2. The fraction of sp³-hybridized carbons (Fsp3) is 0.167. The minimum Gasteiger partial charge on any atom is -0.366 e. The maximum absolute atomic E-state index is 10.8. The second-order valence-electron chi connectivity index (χ2n) is 5.06. The van der Waals surface area contributed by atoms with Gasteiger partial charge in [-0.3, -0.25) is 4.79 Å². The van der Waals surface area contributed by atoms with Crippen LogP contribution >= 0.6 is 15.9 Å². The lowest BCUT2D eigenvalue weighted by Gasteiger charge is -2.02. The van der Waals surface area contributed by atoms with Crippen LogP contribution in [-0.2, 0) is 6.42 Å². The van der Waals surface area contributed by atoms with Gasteiger partial charge in [0.2, 0.25) is 5.91 Å². The fourth-order valence-electron chi connectivity index (χ4n) is 2.22. The van der Waals surface area contributed by atoms with Crippen LogP contribution in [0.2, 0.25) is 0 Å². The number of aromatic amines is 1. The number of carbonyl (C=O) groups is 1. The number of para-hydroxylation sites is 1. The summed E-state index contributed by atoms with van der Waals surface area (Å²) in [7, 11) is 0. The number of hydrogen-bond acceptors (Lipinski definition) is 1. The number of aryl methyl sites for hydroxylation is 2. The highest BCUT2D eigenvalue weighted by Crippen LogP contribution is 2.18. The topological polar surface area (TPSA) is 58.9 Å². The smallest absolute Gasteiger partial charge is 0.248 e. The molecule has 0 atom stereocenters. The first-order chi connectivity index (χ1) is 10.5. The first-order valence-electron chi connectivity index (χ1n) is 7.14. The van der Waals surface area contributed by atoms with Gasteiger partial charge >= 0.3 is 0 Å². The third-order valence-corrected chi connectivity index (χ3v) is 4.15. The molecule has 0 bridgehead atoms. The molecule has 0 aliphatic heterocycles. The van der Waals surface area contributed by atoms with Gasteiger partial charge in [-0.15, -0.1) is 0 Å². The van der Waals surface area contributed by atoms with Crippen LogP contribution in [-0.4, -0.2) is 10.9 Å². The summed E-state index contributed by atoms with van der Waals surface area (Å²) in [5, 5.41) is 1.29. The minimum atomic E-state index is -0.378. The van der Waals surface area contributed by atoms with Crippen LogP contribution in [0.15, 0.2) is 53.0 Å². The molecule has 114 valence electrons. The number of aromatic nitrogens is 1. The zero-order valence-corrected chi connectivity index (χ0v) is 14.3. The van der Waals surface area contributed by atoms with Crippen LogP contribution in [0, 0.1) is 6.92 Å². The van der Waals surface area contributed by atoms with E-state index in [1.165, 1.54) is 16.6 Å². The molecule has 0 unspecified atom stereocenters. The molecule has 3 N–H and O–H groups in total. The zero-order chi connectivity index (χ0) is 16.1. The van der Waals surface area contributed by atoms with E-state index in [4.69, 9.17) is 5.73 Å². The molecule has 4 heteroatoms. The molecule has 0 fully saturated rings. The Morgan fingerprint density at radius 3 is 2.55 bits per heavy atom. The van der Waals surface area contributed by atoms with Crippen molar-refractivity contribution in [3.63, 3.8) is 0 Å². The lowest BCUT2D eigenvalue weighted by atomic mass is 10.1. The van der Waals surface area contributed by atoms with Gasteiger partial charge in [-0.1, -0.05) is 41.1 Å². The Kier molecular flexibility index (Phi) is 5.39. The van der Waals surface area contributed by atoms with Gasteiger partial charge in [-0.25, -0.2) is 0 Å². The highest BCUT2D eigenvalue weighted by molar-refractivity contribution is 9.10. The number of halogens is 1. The van der Waals surface area contributed by atoms with E-state index in [0.717, 1.165) is 16.5 Å². The van der Waals surface area contributed by atoms with Crippen LogP contribution in [0.1, 0.15) is 28.5 Å². The summed E-state index contributed by atoms with van der Waals surface area (Å²) in [5.41, 5.74) is 9.25. The second-order valence-corrected chi connectivity index (χ2v) is 5.92. The van der Waals surface area contributed by atoms with Gasteiger partial charge in [-0.2, -0.15) is 0 Å². The number of nitrogens with one attached hydrogen (secondary N) is 1. The van der Waals surface area contributed by atoms with Crippen molar-refractivity contribution in [2.45, 2.75) is 20.3 Å². The largest absolute Gasteiger partial charge is 0.366 e. The summed E-state index contributed by atoms with van der Waals surface area (Å²) < 4.78 is 1.02. The molecule has 22 heavy (non-hydrogen) atoms. The standard InChI is InChI=1S/C9H10BrNO.C9H9N/c1-2-6-5-7(9(11)12)3-4-8(6)10;1-7-6-8-4-2-3-5-9(8)10-7/h3-5H,2H2,1H3,(H2,11,12);2-6,10H,1H3. The monoisotopic (exact) mass is 358 g/mol. The van der Waals surface area contributed by atoms with E-state index in [1.807, 2.05) is 25.1 Å². The average molecular weight is 359 g/mol. The van der Waals surface area contributed by atoms with Crippen LogP contribution in [0.5, 0.6) is 0 Å². The SMILES string of the molecule is CCc1cc(C(N)=O)ccc1Br.Cc1cc2ccccc2[nH]1. The van der Waals surface area contributed by atoms with Crippen LogP contribution in [0.25, 0.3) is 10.9 Å². The van der Waals surface area contributed by atoms with Gasteiger partial charge in [0.1, 0.15) is 0 Å². The van der Waals surface area contributed by atoms with E-state index < -0.39 is 0 Å². The van der Waals surface area contributed by atoms with Gasteiger partial charge in [0, 0.05) is 21.2 Å². The molecule has 1 amide bonds. The van der Waals surface area contributed by atoms with Crippen LogP contribution in [0.3, 0.4) is 0 Å². The summed E-state index contributed by atoms with van der Waals surface area (Å²) in [4.78, 5) is 14.0. The maximum Gasteiger partial charge on any atom is 0.248 e. The molecule has 3 aromatic rings. The molecule has 0 spiro atoms. The molecule has 0 radical (unpaired) electrons. The Morgan fingerprint density at radius 1 is 1.18 bits per heavy atom. The Bertz CT molecular complexity index is 760. The highest BCUT2D eigenvalue weighted by atomic mass is 79.9. The number of amides is 1. The third kappa shape index (κ3) is 3.98. The Hall–Kier alpha value is -2.07. The number of fused-ring (bicyclic) bond motifs is 1. The third-order valence-electron chi connectivity index (χ3n) is 3.38. The number of H-pyrrole nitrogens is 1. The van der Waals surface area contributed by atoms with Crippen molar-refractivity contribution < 1.29 is 4.79 Å². The van der Waals surface area contributed by atoms with Crippen molar-refractivity contribution in [1.82, 2.24) is 4.98 Å². The molecule has 2 aromatic carbocycles. The summed E-state index contributed by atoms with van der Waals surface area (Å²) in [5.74, 6) is -0.378. The molecular formula is C18H19BrN2O. The average Bonchev–Trinajstić information content (AvgIpc) is 2.88. The lowest BCUT2D eigenvalue weighted by molar-refractivity contribution is 0.1000. The van der Waals surface area contributed by atoms with Gasteiger partial charge in [-0.05, 0) is 54.6 Å². The zero-order valence-electron chi connectivity index (χ0n) is 12.7. The Labute approximate surface area is 138 Å². The van der Waals surface area contributed by atoms with Crippen molar-refractivity contribution in [3.8, 4) is 0 Å². The van der Waals surface area contributed by atoms with E-state index in [9.17, 15) is 4.79 Å².